The van der Waals surface area contributed by atoms with Crippen LogP contribution in [0.4, 0.5) is 5.82 Å². The molecule has 0 radical (unpaired) electrons. The Morgan fingerprint density at radius 2 is 2.04 bits per heavy atom. The van der Waals surface area contributed by atoms with Gasteiger partial charge in [0.1, 0.15) is 0 Å². The van der Waals surface area contributed by atoms with Crippen molar-refractivity contribution in [2.75, 3.05) is 25.5 Å². The minimum Gasteiger partial charge on any atom is -0.361 e. The lowest BCUT2D eigenvalue weighted by atomic mass is 10.1. The Labute approximate surface area is 137 Å². The molecule has 0 spiro atoms. The molecule has 0 aliphatic carbocycles. The molecule has 2 aromatic heterocycles. The van der Waals surface area contributed by atoms with Crippen LogP contribution >= 0.6 is 0 Å². The predicted octanol–water partition coefficient (Wildman–Crippen LogP) is 1.80. The highest BCUT2D eigenvalue weighted by atomic mass is 15.5. The van der Waals surface area contributed by atoms with E-state index in [2.05, 4.69) is 38.3 Å². The zero-order valence-corrected chi connectivity index (χ0v) is 14.4. The smallest absolute Gasteiger partial charge is 0.150 e. The second kappa shape index (κ2) is 6.62. The molecule has 1 fully saturated rings. The minimum absolute atomic E-state index is 0.324. The normalized spacial score (nSPS) is 18.5. The molecular weight excluding hydrogens is 290 g/mol. The first kappa shape index (κ1) is 15.9. The van der Waals surface area contributed by atoms with Crippen LogP contribution in [0.3, 0.4) is 0 Å². The summed E-state index contributed by atoms with van der Waals surface area (Å²) in [6.45, 7) is 6.80. The fraction of sp³-hybridized carbons (Fsp3) is 0.625. The van der Waals surface area contributed by atoms with E-state index in [1.54, 1.807) is 4.80 Å². The molecule has 7 heteroatoms. The monoisotopic (exact) mass is 315 g/mol. The second-order valence-electron chi connectivity index (χ2n) is 6.26. The highest BCUT2D eigenvalue weighted by molar-refractivity contribution is 5.35. The summed E-state index contributed by atoms with van der Waals surface area (Å²) in [4.78, 5) is 6.17. The molecule has 0 N–H and O–H groups in total. The minimum atomic E-state index is 0.324. The van der Waals surface area contributed by atoms with Crippen molar-refractivity contribution in [2.24, 2.45) is 0 Å². The molecule has 0 amide bonds. The predicted molar refractivity (Wildman–Crippen MR) is 89.2 cm³/mol. The van der Waals surface area contributed by atoms with Gasteiger partial charge in [0.2, 0.25) is 0 Å². The summed E-state index contributed by atoms with van der Waals surface area (Å²) < 4.78 is 0. The van der Waals surface area contributed by atoms with E-state index in [1.807, 2.05) is 32.0 Å². The van der Waals surface area contributed by atoms with Gasteiger partial charge in [-0.25, -0.2) is 0 Å². The number of nitrogens with zero attached hydrogens (tertiary/aromatic N) is 7. The molecule has 23 heavy (non-hydrogen) atoms. The van der Waals surface area contributed by atoms with E-state index in [1.165, 1.54) is 6.42 Å². The lowest BCUT2D eigenvalue weighted by Crippen LogP contribution is -2.24. The molecular formula is C16H25N7. The average Bonchev–Trinajstić information content (AvgIpc) is 3.15. The maximum absolute atomic E-state index is 4.58. The molecule has 0 bridgehead atoms. The Kier molecular flexibility index (Phi) is 4.56. The number of hydrogen-bond donors (Lipinski definition) is 0. The van der Waals surface area contributed by atoms with Crippen molar-refractivity contribution in [1.82, 2.24) is 30.1 Å². The van der Waals surface area contributed by atoms with E-state index in [-0.39, 0.29) is 0 Å². The van der Waals surface area contributed by atoms with Gasteiger partial charge < -0.3 is 4.90 Å². The Morgan fingerprint density at radius 1 is 1.22 bits per heavy atom. The van der Waals surface area contributed by atoms with Gasteiger partial charge in [-0.15, -0.1) is 5.10 Å². The van der Waals surface area contributed by atoms with Crippen LogP contribution in [-0.2, 0) is 13.1 Å². The third kappa shape index (κ3) is 3.34. The molecule has 3 rings (SSSR count). The van der Waals surface area contributed by atoms with Crippen molar-refractivity contribution in [1.29, 1.82) is 0 Å². The van der Waals surface area contributed by atoms with Crippen molar-refractivity contribution < 1.29 is 0 Å². The Hall–Kier alpha value is -2.02. The highest BCUT2D eigenvalue weighted by Crippen LogP contribution is 2.32. The molecule has 1 unspecified atom stereocenters. The van der Waals surface area contributed by atoms with Crippen molar-refractivity contribution in [2.45, 2.75) is 45.8 Å². The van der Waals surface area contributed by atoms with Gasteiger partial charge in [-0.3, -0.25) is 4.90 Å². The van der Waals surface area contributed by atoms with Crippen LogP contribution in [0.1, 0.15) is 42.9 Å². The lowest BCUT2D eigenvalue weighted by Gasteiger charge is -2.23. The van der Waals surface area contributed by atoms with E-state index in [9.17, 15) is 0 Å². The average molecular weight is 315 g/mol. The SMILES string of the molecule is CCn1nc(C)c(CN2CCCC2c2ccc(N(C)C)nn2)n1. The van der Waals surface area contributed by atoms with Crippen molar-refractivity contribution in [3.8, 4) is 0 Å². The van der Waals surface area contributed by atoms with E-state index in [4.69, 9.17) is 0 Å². The van der Waals surface area contributed by atoms with Crippen molar-refractivity contribution >= 4 is 5.82 Å². The molecule has 3 heterocycles. The first-order valence-corrected chi connectivity index (χ1v) is 8.24. The van der Waals surface area contributed by atoms with Crippen LogP contribution in [0.2, 0.25) is 0 Å². The molecule has 7 nitrogen and oxygen atoms in total. The molecule has 124 valence electrons. The van der Waals surface area contributed by atoms with Crippen LogP contribution in [0.5, 0.6) is 0 Å². The Balaban J connectivity index is 1.75. The standard InChI is InChI=1S/C16H25N7/c1-5-23-19-12(2)14(20-23)11-22-10-6-7-15(22)13-8-9-16(18-17-13)21(3)4/h8-9,15H,5-7,10-11H2,1-4H3. The molecule has 0 aromatic carbocycles. The largest absolute Gasteiger partial charge is 0.361 e. The topological polar surface area (TPSA) is 63.0 Å². The number of aryl methyl sites for hydroxylation is 2. The molecule has 1 aliphatic heterocycles. The quantitative estimate of drug-likeness (QED) is 0.838. The number of hydrogen-bond acceptors (Lipinski definition) is 6. The van der Waals surface area contributed by atoms with Gasteiger partial charge in [0.25, 0.3) is 0 Å². The number of aromatic nitrogens is 5. The summed E-state index contributed by atoms with van der Waals surface area (Å²) in [5.41, 5.74) is 3.14. The third-order valence-corrected chi connectivity index (χ3v) is 4.39. The Morgan fingerprint density at radius 3 is 2.65 bits per heavy atom. The van der Waals surface area contributed by atoms with Gasteiger partial charge in [-0.2, -0.15) is 20.1 Å². The van der Waals surface area contributed by atoms with Gasteiger partial charge in [-0.05, 0) is 45.4 Å². The van der Waals surface area contributed by atoms with Gasteiger partial charge in [0.05, 0.1) is 29.7 Å². The van der Waals surface area contributed by atoms with Gasteiger partial charge in [0.15, 0.2) is 5.82 Å². The van der Waals surface area contributed by atoms with Gasteiger partial charge in [-0.1, -0.05) is 0 Å². The number of likely N-dealkylation sites (tertiary alicyclic amines) is 1. The fourth-order valence-electron chi connectivity index (χ4n) is 3.05. The van der Waals surface area contributed by atoms with Crippen LogP contribution in [0.15, 0.2) is 12.1 Å². The first-order chi connectivity index (χ1) is 11.1. The molecule has 0 saturated carbocycles. The van der Waals surface area contributed by atoms with E-state index >= 15 is 0 Å². The number of anilines is 1. The van der Waals surface area contributed by atoms with Crippen LogP contribution in [0.25, 0.3) is 0 Å². The molecule has 1 saturated heterocycles. The van der Waals surface area contributed by atoms with Crippen LogP contribution in [0, 0.1) is 6.92 Å². The van der Waals surface area contributed by atoms with E-state index in [0.717, 1.165) is 49.0 Å². The summed E-state index contributed by atoms with van der Waals surface area (Å²) >= 11 is 0. The third-order valence-electron chi connectivity index (χ3n) is 4.39. The van der Waals surface area contributed by atoms with Gasteiger partial charge >= 0.3 is 0 Å². The summed E-state index contributed by atoms with van der Waals surface area (Å²) in [5.74, 6) is 0.889. The fourth-order valence-corrected chi connectivity index (χ4v) is 3.05. The van der Waals surface area contributed by atoms with Crippen molar-refractivity contribution in [3.63, 3.8) is 0 Å². The summed E-state index contributed by atoms with van der Waals surface area (Å²) in [7, 11) is 3.96. The van der Waals surface area contributed by atoms with Crippen LogP contribution in [-0.4, -0.2) is 50.7 Å². The van der Waals surface area contributed by atoms with Crippen LogP contribution < -0.4 is 4.90 Å². The maximum Gasteiger partial charge on any atom is 0.150 e. The first-order valence-electron chi connectivity index (χ1n) is 8.24. The summed E-state index contributed by atoms with van der Waals surface area (Å²) in [5, 5.41) is 17.8. The second-order valence-corrected chi connectivity index (χ2v) is 6.26. The summed E-state index contributed by atoms with van der Waals surface area (Å²) in [6, 6.07) is 4.46. The highest BCUT2D eigenvalue weighted by Gasteiger charge is 2.28. The molecule has 1 aliphatic rings. The van der Waals surface area contributed by atoms with Gasteiger partial charge in [0, 0.05) is 20.6 Å². The number of rotatable bonds is 5. The zero-order valence-electron chi connectivity index (χ0n) is 14.4. The van der Waals surface area contributed by atoms with Crippen molar-refractivity contribution in [3.05, 3.63) is 29.2 Å². The lowest BCUT2D eigenvalue weighted by molar-refractivity contribution is 0.239. The molecule has 2 aromatic rings. The summed E-state index contributed by atoms with van der Waals surface area (Å²) in [6.07, 6.45) is 2.31. The molecule has 1 atom stereocenters. The van der Waals surface area contributed by atoms with E-state index < -0.39 is 0 Å². The van der Waals surface area contributed by atoms with E-state index in [0.29, 0.717) is 6.04 Å². The zero-order chi connectivity index (χ0) is 16.4. The Bertz CT molecular complexity index is 647. The maximum atomic E-state index is 4.58.